The van der Waals surface area contributed by atoms with Crippen LogP contribution in [0.2, 0.25) is 0 Å². The van der Waals surface area contributed by atoms with Crippen LogP contribution in [-0.2, 0) is 17.6 Å². The average Bonchev–Trinajstić information content (AvgIpc) is 2.57. The standard InChI is InChI=1S/C20H25NO3/c1-2-9-21-10-3-4-15-13-5-8-18(23)20(15)24-19-12-14(16(21)11-13)6-7-17(19)22/h2,5,8,14,16,19,23H,1,3-4,6-7,9-12H2/t14-,16-,19-/m1/s1. The molecule has 1 N–H and O–H groups in total. The van der Waals surface area contributed by atoms with Gasteiger partial charge in [0, 0.05) is 24.6 Å². The first-order valence-corrected chi connectivity index (χ1v) is 9.05. The van der Waals surface area contributed by atoms with Crippen molar-refractivity contribution < 1.29 is 14.6 Å². The van der Waals surface area contributed by atoms with E-state index in [1.54, 1.807) is 6.07 Å². The van der Waals surface area contributed by atoms with E-state index in [0.29, 0.717) is 24.1 Å². The van der Waals surface area contributed by atoms with Gasteiger partial charge < -0.3 is 9.84 Å². The molecule has 3 aliphatic rings. The molecule has 1 aromatic carbocycles. The Balaban J connectivity index is 1.84. The second-order valence-corrected chi connectivity index (χ2v) is 7.32. The van der Waals surface area contributed by atoms with Crippen LogP contribution in [0.25, 0.3) is 0 Å². The molecule has 1 aromatic rings. The second kappa shape index (κ2) is 6.25. The van der Waals surface area contributed by atoms with E-state index in [0.717, 1.165) is 50.8 Å². The van der Waals surface area contributed by atoms with E-state index in [1.807, 2.05) is 12.1 Å². The maximum absolute atomic E-state index is 12.4. The van der Waals surface area contributed by atoms with Crippen molar-refractivity contribution in [3.05, 3.63) is 35.9 Å². The Morgan fingerprint density at radius 1 is 1.38 bits per heavy atom. The van der Waals surface area contributed by atoms with Crippen molar-refractivity contribution in [1.82, 2.24) is 4.90 Å². The predicted octanol–water partition coefficient (Wildman–Crippen LogP) is 2.87. The summed E-state index contributed by atoms with van der Waals surface area (Å²) in [4.78, 5) is 14.9. The molecule has 2 heterocycles. The molecule has 6 bridgehead atoms. The molecule has 1 fully saturated rings. The molecule has 4 rings (SSSR count). The SMILES string of the molecule is C=CCN1CCCc2c3ccc(O)c2O[C@@H]2C[C@@H](CCC2=O)[C@H]1C3. The van der Waals surface area contributed by atoms with Gasteiger partial charge in [0.2, 0.25) is 0 Å². The Kier molecular flexibility index (Phi) is 4.09. The molecule has 0 radical (unpaired) electrons. The molecule has 0 amide bonds. The smallest absolute Gasteiger partial charge is 0.173 e. The molecule has 0 spiro atoms. The van der Waals surface area contributed by atoms with E-state index in [9.17, 15) is 9.90 Å². The number of ether oxygens (including phenoxy) is 1. The minimum Gasteiger partial charge on any atom is -0.504 e. The third-order valence-corrected chi connectivity index (χ3v) is 5.91. The Bertz CT molecular complexity index is 669. The molecule has 128 valence electrons. The monoisotopic (exact) mass is 327 g/mol. The van der Waals surface area contributed by atoms with Crippen molar-refractivity contribution in [2.75, 3.05) is 13.1 Å². The van der Waals surface area contributed by atoms with Gasteiger partial charge in [-0.05, 0) is 56.2 Å². The molecule has 0 saturated heterocycles. The lowest BCUT2D eigenvalue weighted by molar-refractivity contribution is -0.129. The first kappa shape index (κ1) is 15.7. The van der Waals surface area contributed by atoms with Crippen molar-refractivity contribution in [2.45, 2.75) is 50.7 Å². The molecule has 1 saturated carbocycles. The number of Topliss-reactive ketones (excluding diaryl/α,β-unsaturated/α-hetero) is 1. The topological polar surface area (TPSA) is 49.8 Å². The van der Waals surface area contributed by atoms with Crippen LogP contribution in [0.15, 0.2) is 24.8 Å². The van der Waals surface area contributed by atoms with Gasteiger partial charge in [0.15, 0.2) is 23.4 Å². The summed E-state index contributed by atoms with van der Waals surface area (Å²) in [7, 11) is 0. The van der Waals surface area contributed by atoms with Crippen LogP contribution in [-0.4, -0.2) is 41.0 Å². The number of hydrogen-bond donors (Lipinski definition) is 1. The highest BCUT2D eigenvalue weighted by Crippen LogP contribution is 2.42. The number of aromatic hydroxyl groups is 1. The highest BCUT2D eigenvalue weighted by atomic mass is 16.5. The van der Waals surface area contributed by atoms with Gasteiger partial charge >= 0.3 is 0 Å². The molecule has 4 heteroatoms. The average molecular weight is 327 g/mol. The number of hydrogen-bond acceptors (Lipinski definition) is 4. The van der Waals surface area contributed by atoms with E-state index < -0.39 is 6.10 Å². The molecule has 0 aromatic heterocycles. The lowest BCUT2D eigenvalue weighted by atomic mass is 9.78. The molecule has 0 unspecified atom stereocenters. The van der Waals surface area contributed by atoms with E-state index in [1.165, 1.54) is 5.56 Å². The summed E-state index contributed by atoms with van der Waals surface area (Å²) in [6.45, 7) is 5.85. The maximum Gasteiger partial charge on any atom is 0.173 e. The van der Waals surface area contributed by atoms with Crippen molar-refractivity contribution in [3.63, 3.8) is 0 Å². The number of phenolic OH excluding ortho intramolecular Hbond substituents is 1. The lowest BCUT2D eigenvalue weighted by Gasteiger charge is -2.40. The highest BCUT2D eigenvalue weighted by Gasteiger charge is 2.39. The van der Waals surface area contributed by atoms with Gasteiger partial charge in [0.05, 0.1) is 0 Å². The summed E-state index contributed by atoms with van der Waals surface area (Å²) < 4.78 is 6.11. The third-order valence-electron chi connectivity index (χ3n) is 5.91. The van der Waals surface area contributed by atoms with Crippen LogP contribution in [0.1, 0.15) is 36.8 Å². The maximum atomic E-state index is 12.4. The minimum atomic E-state index is -0.409. The predicted molar refractivity (Wildman–Crippen MR) is 92.5 cm³/mol. The van der Waals surface area contributed by atoms with Crippen LogP contribution in [0.3, 0.4) is 0 Å². The van der Waals surface area contributed by atoms with Gasteiger partial charge in [-0.15, -0.1) is 6.58 Å². The largest absolute Gasteiger partial charge is 0.504 e. The Morgan fingerprint density at radius 2 is 2.25 bits per heavy atom. The van der Waals surface area contributed by atoms with Crippen molar-refractivity contribution in [2.24, 2.45) is 5.92 Å². The molecule has 1 aliphatic carbocycles. The van der Waals surface area contributed by atoms with Crippen molar-refractivity contribution >= 4 is 5.78 Å². The zero-order valence-electron chi connectivity index (χ0n) is 14.0. The van der Waals surface area contributed by atoms with Gasteiger partial charge in [0.1, 0.15) is 0 Å². The van der Waals surface area contributed by atoms with Gasteiger partial charge in [-0.25, -0.2) is 0 Å². The summed E-state index contributed by atoms with van der Waals surface area (Å²) in [5.74, 6) is 1.36. The van der Waals surface area contributed by atoms with Crippen molar-refractivity contribution in [3.8, 4) is 11.5 Å². The Morgan fingerprint density at radius 3 is 3.08 bits per heavy atom. The fourth-order valence-electron chi connectivity index (χ4n) is 4.71. The summed E-state index contributed by atoms with van der Waals surface area (Å²) >= 11 is 0. The zero-order chi connectivity index (χ0) is 16.7. The van der Waals surface area contributed by atoms with Crippen LogP contribution in [0.4, 0.5) is 0 Å². The van der Waals surface area contributed by atoms with Gasteiger partial charge in [-0.3, -0.25) is 9.69 Å². The second-order valence-electron chi connectivity index (χ2n) is 7.32. The lowest BCUT2D eigenvalue weighted by Crippen LogP contribution is -2.47. The quantitative estimate of drug-likeness (QED) is 0.849. The van der Waals surface area contributed by atoms with E-state index in [4.69, 9.17) is 4.74 Å². The van der Waals surface area contributed by atoms with Gasteiger partial charge in [0.25, 0.3) is 0 Å². The van der Waals surface area contributed by atoms with Crippen LogP contribution >= 0.6 is 0 Å². The number of ketones is 1. The number of nitrogens with zero attached hydrogens (tertiary/aromatic N) is 1. The Hall–Kier alpha value is -1.81. The van der Waals surface area contributed by atoms with Crippen LogP contribution < -0.4 is 4.74 Å². The van der Waals surface area contributed by atoms with Gasteiger partial charge in [-0.2, -0.15) is 0 Å². The first-order valence-electron chi connectivity index (χ1n) is 9.05. The highest BCUT2D eigenvalue weighted by molar-refractivity contribution is 5.84. The summed E-state index contributed by atoms with van der Waals surface area (Å²) in [5.41, 5.74) is 2.38. The molecule has 24 heavy (non-hydrogen) atoms. The molecular formula is C20H25NO3. The third kappa shape index (κ3) is 2.63. The molecule has 3 atom stereocenters. The number of rotatable bonds is 2. The number of carbonyl (C=O) groups is 1. The first-order chi connectivity index (χ1) is 11.7. The minimum absolute atomic E-state index is 0.172. The van der Waals surface area contributed by atoms with Crippen LogP contribution in [0, 0.1) is 5.92 Å². The number of carbonyl (C=O) groups excluding carboxylic acids is 1. The molecular weight excluding hydrogens is 302 g/mol. The fraction of sp³-hybridized carbons (Fsp3) is 0.550. The van der Waals surface area contributed by atoms with Crippen LogP contribution in [0.5, 0.6) is 11.5 Å². The number of fused-ring (bicyclic) bond motifs is 4. The normalized spacial score (nSPS) is 29.7. The summed E-state index contributed by atoms with van der Waals surface area (Å²) in [6.07, 6.45) is 6.73. The van der Waals surface area contributed by atoms with Gasteiger partial charge in [-0.1, -0.05) is 12.1 Å². The van der Waals surface area contributed by atoms with E-state index >= 15 is 0 Å². The fourth-order valence-corrected chi connectivity index (χ4v) is 4.71. The van der Waals surface area contributed by atoms with E-state index in [2.05, 4.69) is 11.5 Å². The summed E-state index contributed by atoms with van der Waals surface area (Å²) in [6, 6.07) is 4.18. The zero-order valence-corrected chi connectivity index (χ0v) is 14.0. The molecule has 4 nitrogen and oxygen atoms in total. The molecule has 2 aliphatic heterocycles. The number of phenols is 1. The summed E-state index contributed by atoms with van der Waals surface area (Å²) in [5, 5.41) is 10.3. The van der Waals surface area contributed by atoms with E-state index in [-0.39, 0.29) is 11.5 Å². The Labute approximate surface area is 143 Å². The van der Waals surface area contributed by atoms with Crippen molar-refractivity contribution in [1.29, 1.82) is 0 Å². The number of benzene rings is 1.